The first kappa shape index (κ1) is 24.4. The number of alkyl carbamates (subject to hydrolysis) is 1. The number of aliphatic hydroxyl groups is 1. The molecule has 5 nitrogen and oxygen atoms in total. The molecular formula is C22H37NO4Si. The second kappa shape index (κ2) is 10.8. The predicted molar refractivity (Wildman–Crippen MR) is 117 cm³/mol. The minimum atomic E-state index is -1.98. The third kappa shape index (κ3) is 7.77. The summed E-state index contributed by atoms with van der Waals surface area (Å²) in [5, 5.41) is 13.3. The zero-order chi connectivity index (χ0) is 21.4. The monoisotopic (exact) mass is 407 g/mol. The van der Waals surface area contributed by atoms with Crippen LogP contribution in [0.15, 0.2) is 43.0 Å². The Morgan fingerprint density at radius 1 is 1.29 bits per heavy atom. The Morgan fingerprint density at radius 2 is 1.89 bits per heavy atom. The fourth-order valence-corrected chi connectivity index (χ4v) is 3.44. The fourth-order valence-electron chi connectivity index (χ4n) is 2.41. The van der Waals surface area contributed by atoms with Gasteiger partial charge in [0.25, 0.3) is 0 Å². The third-order valence-corrected chi connectivity index (χ3v) is 10.1. The molecule has 2 N–H and O–H groups in total. The molecule has 0 unspecified atom stereocenters. The van der Waals surface area contributed by atoms with E-state index in [1.807, 2.05) is 37.3 Å². The van der Waals surface area contributed by atoms with Crippen LogP contribution in [0.2, 0.25) is 18.1 Å². The summed E-state index contributed by atoms with van der Waals surface area (Å²) >= 11 is 0. The van der Waals surface area contributed by atoms with Gasteiger partial charge >= 0.3 is 6.09 Å². The average molecular weight is 408 g/mol. The standard InChI is InChI=1S/C22H37NO4Si/c1-8-12-20(24)17(2)19(16-27-28(6,7)22(3,4)5)23-21(25)26-15-18-13-10-9-11-14-18/h8-11,13-14,17,19-20,24H,1,12,15-16H2,2-7H3,(H,23,25)/t17-,19-,20+/m1/s1. The van der Waals surface area contributed by atoms with E-state index in [1.165, 1.54) is 0 Å². The number of hydrogen-bond acceptors (Lipinski definition) is 4. The van der Waals surface area contributed by atoms with Crippen molar-refractivity contribution in [2.75, 3.05) is 6.61 Å². The maximum Gasteiger partial charge on any atom is 0.407 e. The molecule has 0 fully saturated rings. The van der Waals surface area contributed by atoms with Crippen LogP contribution in [0.1, 0.15) is 39.7 Å². The molecule has 1 amide bonds. The molecule has 3 atom stereocenters. The molecule has 1 aromatic rings. The maximum atomic E-state index is 12.4. The predicted octanol–water partition coefficient (Wildman–Crippen LogP) is 4.88. The first-order chi connectivity index (χ1) is 13.0. The van der Waals surface area contributed by atoms with E-state index in [0.717, 1.165) is 5.56 Å². The Balaban J connectivity index is 2.76. The summed E-state index contributed by atoms with van der Waals surface area (Å²) in [5.74, 6) is -0.202. The summed E-state index contributed by atoms with van der Waals surface area (Å²) in [4.78, 5) is 12.4. The van der Waals surface area contributed by atoms with Crippen LogP contribution in [0.5, 0.6) is 0 Å². The molecule has 0 saturated heterocycles. The van der Waals surface area contributed by atoms with Gasteiger partial charge in [-0.15, -0.1) is 6.58 Å². The number of carbonyl (C=O) groups is 1. The smallest absolute Gasteiger partial charge is 0.407 e. The number of benzene rings is 1. The van der Waals surface area contributed by atoms with Crippen molar-refractivity contribution >= 4 is 14.4 Å². The number of aliphatic hydroxyl groups excluding tert-OH is 1. The molecular weight excluding hydrogens is 370 g/mol. The number of nitrogens with one attached hydrogen (secondary N) is 1. The first-order valence-corrected chi connectivity index (χ1v) is 12.8. The van der Waals surface area contributed by atoms with Crippen molar-refractivity contribution in [1.82, 2.24) is 5.32 Å². The molecule has 0 bridgehead atoms. The van der Waals surface area contributed by atoms with E-state index < -0.39 is 20.5 Å². The molecule has 0 spiro atoms. The summed E-state index contributed by atoms with van der Waals surface area (Å²) in [5.41, 5.74) is 0.923. The zero-order valence-corrected chi connectivity index (χ0v) is 19.2. The van der Waals surface area contributed by atoms with Crippen molar-refractivity contribution in [3.8, 4) is 0 Å². The van der Waals surface area contributed by atoms with Gasteiger partial charge in [0.15, 0.2) is 8.32 Å². The summed E-state index contributed by atoms with van der Waals surface area (Å²) in [7, 11) is -1.98. The normalized spacial score (nSPS) is 15.4. The second-order valence-corrected chi connectivity index (χ2v) is 13.6. The lowest BCUT2D eigenvalue weighted by molar-refractivity contribution is 0.0706. The van der Waals surface area contributed by atoms with Gasteiger partial charge in [-0.2, -0.15) is 0 Å². The highest BCUT2D eigenvalue weighted by atomic mass is 28.4. The highest BCUT2D eigenvalue weighted by Gasteiger charge is 2.38. The number of carbonyl (C=O) groups excluding carboxylic acids is 1. The lowest BCUT2D eigenvalue weighted by Crippen LogP contribution is -2.50. The van der Waals surface area contributed by atoms with E-state index in [1.54, 1.807) is 6.08 Å². The molecule has 0 saturated carbocycles. The summed E-state index contributed by atoms with van der Waals surface area (Å²) in [6, 6.07) is 9.18. The molecule has 1 aromatic carbocycles. The van der Waals surface area contributed by atoms with E-state index >= 15 is 0 Å². The molecule has 1 rings (SSSR count). The average Bonchev–Trinajstić information content (AvgIpc) is 2.63. The topological polar surface area (TPSA) is 67.8 Å². The van der Waals surface area contributed by atoms with Gasteiger partial charge in [-0.1, -0.05) is 64.1 Å². The number of hydrogen-bond donors (Lipinski definition) is 2. The van der Waals surface area contributed by atoms with Crippen LogP contribution in [-0.4, -0.2) is 38.3 Å². The summed E-state index contributed by atoms with van der Waals surface area (Å²) < 4.78 is 11.7. The van der Waals surface area contributed by atoms with Gasteiger partial charge < -0.3 is 19.6 Å². The van der Waals surface area contributed by atoms with Crippen molar-refractivity contribution in [2.45, 2.75) is 71.0 Å². The Hall–Kier alpha value is -1.63. The molecule has 0 radical (unpaired) electrons. The second-order valence-electron chi connectivity index (χ2n) is 8.83. The van der Waals surface area contributed by atoms with Gasteiger partial charge in [0.1, 0.15) is 6.61 Å². The van der Waals surface area contributed by atoms with Crippen LogP contribution in [0.3, 0.4) is 0 Å². The molecule has 158 valence electrons. The van der Waals surface area contributed by atoms with Crippen molar-refractivity contribution < 1.29 is 19.1 Å². The minimum Gasteiger partial charge on any atom is -0.445 e. The number of rotatable bonds is 10. The maximum absolute atomic E-state index is 12.4. The largest absolute Gasteiger partial charge is 0.445 e. The van der Waals surface area contributed by atoms with E-state index in [4.69, 9.17) is 9.16 Å². The van der Waals surface area contributed by atoms with Crippen LogP contribution in [0, 0.1) is 5.92 Å². The Bertz CT molecular complexity index is 613. The van der Waals surface area contributed by atoms with Crippen LogP contribution in [0.25, 0.3) is 0 Å². The van der Waals surface area contributed by atoms with Gasteiger partial charge in [-0.3, -0.25) is 0 Å². The molecule has 0 aromatic heterocycles. The fraction of sp³-hybridized carbons (Fsp3) is 0.591. The molecule has 0 heterocycles. The number of ether oxygens (including phenoxy) is 1. The van der Waals surface area contributed by atoms with E-state index in [9.17, 15) is 9.90 Å². The van der Waals surface area contributed by atoms with Gasteiger partial charge in [0.05, 0.1) is 18.8 Å². The molecule has 0 aliphatic rings. The molecule has 6 heteroatoms. The van der Waals surface area contributed by atoms with Gasteiger partial charge in [0.2, 0.25) is 0 Å². The van der Waals surface area contributed by atoms with E-state index in [-0.39, 0.29) is 23.6 Å². The zero-order valence-electron chi connectivity index (χ0n) is 18.2. The summed E-state index contributed by atoms with van der Waals surface area (Å²) in [6.45, 7) is 17.0. The number of amides is 1. The Kier molecular flexibility index (Phi) is 9.40. The van der Waals surface area contributed by atoms with Crippen LogP contribution < -0.4 is 5.32 Å². The lowest BCUT2D eigenvalue weighted by Gasteiger charge is -2.38. The first-order valence-electron chi connectivity index (χ1n) is 9.88. The molecule has 0 aliphatic heterocycles. The van der Waals surface area contributed by atoms with Crippen molar-refractivity contribution in [1.29, 1.82) is 0 Å². The van der Waals surface area contributed by atoms with Crippen molar-refractivity contribution in [3.63, 3.8) is 0 Å². The molecule has 28 heavy (non-hydrogen) atoms. The molecule has 0 aliphatic carbocycles. The third-order valence-electron chi connectivity index (χ3n) is 5.60. The highest BCUT2D eigenvalue weighted by Crippen LogP contribution is 2.36. The Morgan fingerprint density at radius 3 is 2.43 bits per heavy atom. The van der Waals surface area contributed by atoms with Gasteiger partial charge in [-0.25, -0.2) is 4.79 Å². The highest BCUT2D eigenvalue weighted by molar-refractivity contribution is 6.74. The van der Waals surface area contributed by atoms with E-state index in [2.05, 4.69) is 45.8 Å². The van der Waals surface area contributed by atoms with Gasteiger partial charge in [0, 0.05) is 5.92 Å². The minimum absolute atomic E-state index is 0.0638. The Labute approximate surface area is 171 Å². The summed E-state index contributed by atoms with van der Waals surface area (Å²) in [6.07, 6.45) is 1.02. The lowest BCUT2D eigenvalue weighted by atomic mass is 9.94. The quantitative estimate of drug-likeness (QED) is 0.429. The van der Waals surface area contributed by atoms with Crippen molar-refractivity contribution in [2.24, 2.45) is 5.92 Å². The van der Waals surface area contributed by atoms with Crippen LogP contribution in [0.4, 0.5) is 4.79 Å². The SMILES string of the molecule is C=CC[C@H](O)[C@H](C)[C@@H](CO[Si](C)(C)C(C)(C)C)NC(=O)OCc1ccccc1. The van der Waals surface area contributed by atoms with Gasteiger partial charge in [-0.05, 0) is 30.1 Å². The van der Waals surface area contributed by atoms with Crippen LogP contribution >= 0.6 is 0 Å². The van der Waals surface area contributed by atoms with Crippen LogP contribution in [-0.2, 0) is 15.8 Å². The van der Waals surface area contributed by atoms with E-state index in [0.29, 0.717) is 13.0 Å². The van der Waals surface area contributed by atoms with Crippen molar-refractivity contribution in [3.05, 3.63) is 48.6 Å².